The van der Waals surface area contributed by atoms with Gasteiger partial charge in [-0.3, -0.25) is 4.79 Å². The number of ketones is 1. The number of Topliss-reactive ketones (excluding diaryl/α,β-unsaturated/α-hetero) is 1. The fourth-order valence-electron chi connectivity index (χ4n) is 0.700. The molecule has 1 amide bonds. The summed E-state index contributed by atoms with van der Waals surface area (Å²) in [4.78, 5) is 23.5. The van der Waals surface area contributed by atoms with Gasteiger partial charge in [-0.1, -0.05) is 0 Å². The van der Waals surface area contributed by atoms with Gasteiger partial charge in [-0.05, 0) is 6.92 Å². The van der Waals surface area contributed by atoms with Crippen molar-refractivity contribution in [3.8, 4) is 0 Å². The highest BCUT2D eigenvalue weighted by molar-refractivity contribution is 6.28. The Kier molecular flexibility index (Phi) is 4.36. The Bertz CT molecular complexity index is 257. The first-order valence-corrected chi connectivity index (χ1v) is 3.37. The van der Waals surface area contributed by atoms with Crippen molar-refractivity contribution in [2.45, 2.75) is 19.1 Å². The summed E-state index contributed by atoms with van der Waals surface area (Å²) in [6, 6.07) is -1.31. The van der Waals surface area contributed by atoms with Crippen molar-refractivity contribution in [2.24, 2.45) is 0 Å². The number of carbonyl (C=O) groups excluding carboxylic acids is 1. The molecule has 0 aromatic heterocycles. The molecule has 0 rings (SSSR count). The highest BCUT2D eigenvalue weighted by atomic mass is 16.4. The molecule has 7 heteroatoms. The number of rotatable bonds is 4. The fourth-order valence-corrected chi connectivity index (χ4v) is 0.700. The predicted molar refractivity (Wildman–Crippen MR) is 41.3 cm³/mol. The summed E-state index contributed by atoms with van der Waals surface area (Å²) in [5.74, 6) is -0.820. The lowest BCUT2D eigenvalue weighted by molar-refractivity contribution is -0.120. The van der Waals surface area contributed by atoms with Crippen LogP contribution >= 0.6 is 0 Å². The van der Waals surface area contributed by atoms with Gasteiger partial charge in [0.25, 0.3) is 5.78 Å². The van der Waals surface area contributed by atoms with E-state index in [1.54, 1.807) is 5.32 Å². The molecule has 2 atom stereocenters. The minimum atomic E-state index is -1.44. The van der Waals surface area contributed by atoms with Gasteiger partial charge in [-0.25, -0.2) is 4.79 Å². The van der Waals surface area contributed by atoms with Gasteiger partial charge in [-0.15, -0.1) is 0 Å². The van der Waals surface area contributed by atoms with Crippen LogP contribution in [-0.2, 0) is 4.79 Å². The number of nitrogens with one attached hydrogen (secondary N) is 1. The molecule has 0 heterocycles. The van der Waals surface area contributed by atoms with E-state index in [0.717, 1.165) is 0 Å². The van der Waals surface area contributed by atoms with Gasteiger partial charge >= 0.3 is 12.3 Å². The molecule has 0 spiro atoms. The second-order valence-corrected chi connectivity index (χ2v) is 2.31. The van der Waals surface area contributed by atoms with Gasteiger partial charge in [0.15, 0.2) is 0 Å². The van der Waals surface area contributed by atoms with Crippen LogP contribution in [0.3, 0.4) is 0 Å². The summed E-state index contributed by atoms with van der Waals surface area (Å²) in [7, 11) is 0. The molecule has 0 aliphatic rings. The van der Waals surface area contributed by atoms with E-state index in [-0.39, 0.29) is 0 Å². The van der Waals surface area contributed by atoms with Crippen LogP contribution in [0, 0.1) is 0 Å². The van der Waals surface area contributed by atoms with E-state index < -0.39 is 24.0 Å². The van der Waals surface area contributed by atoms with Crippen molar-refractivity contribution < 1.29 is 24.6 Å². The second-order valence-electron chi connectivity index (χ2n) is 2.31. The van der Waals surface area contributed by atoms with Crippen molar-refractivity contribution in [1.29, 1.82) is 0 Å². The first kappa shape index (κ1) is 11.3. The zero-order valence-electron chi connectivity index (χ0n) is 6.84. The summed E-state index contributed by atoms with van der Waals surface area (Å²) in [5, 5.41) is 19.0. The quantitative estimate of drug-likeness (QED) is 0.292. The summed E-state index contributed by atoms with van der Waals surface area (Å²) in [6.07, 6.45) is -2.11. The monoisotopic (exact) mass is 187 g/mol. The molecule has 72 valence electrons. The van der Waals surface area contributed by atoms with Crippen molar-refractivity contribution in [3.05, 3.63) is 5.53 Å². The maximum absolute atomic E-state index is 10.9. The predicted octanol–water partition coefficient (Wildman–Crippen LogP) is -1.13. The number of amides is 1. The number of carbonyl (C=O) groups is 2. The molecule has 13 heavy (non-hydrogen) atoms. The fraction of sp³-hybridized carbons (Fsp3) is 0.500. The standard InChI is InChI=1S/C6H9N3O4/c1-3(10)5(9-6(12)13)4(11)2-8-7/h2-3,5,9-10H,1H3,(H,12,13). The number of carboxylic acid groups (broad SMARTS) is 1. The lowest BCUT2D eigenvalue weighted by atomic mass is 10.1. The van der Waals surface area contributed by atoms with Crippen molar-refractivity contribution >= 4 is 18.1 Å². The van der Waals surface area contributed by atoms with Crippen LogP contribution in [-0.4, -0.2) is 45.2 Å². The van der Waals surface area contributed by atoms with Gasteiger partial charge < -0.3 is 21.1 Å². The largest absolute Gasteiger partial charge is 0.465 e. The van der Waals surface area contributed by atoms with Gasteiger partial charge in [0.1, 0.15) is 6.04 Å². The molecular weight excluding hydrogens is 178 g/mol. The highest BCUT2D eigenvalue weighted by Gasteiger charge is 2.26. The maximum Gasteiger partial charge on any atom is 0.405 e. The molecule has 0 saturated carbocycles. The summed E-state index contributed by atoms with van der Waals surface area (Å²) in [6.45, 7) is 1.24. The Morgan fingerprint density at radius 3 is 2.46 bits per heavy atom. The van der Waals surface area contributed by atoms with E-state index in [1.165, 1.54) is 6.92 Å². The lowest BCUT2D eigenvalue weighted by Crippen LogP contribution is -2.47. The molecule has 0 aliphatic heterocycles. The number of hydrogen-bond donors (Lipinski definition) is 3. The van der Waals surface area contributed by atoms with Crippen molar-refractivity contribution in [2.75, 3.05) is 0 Å². The molecule has 2 unspecified atom stereocenters. The van der Waals surface area contributed by atoms with E-state index >= 15 is 0 Å². The average Bonchev–Trinajstić information content (AvgIpc) is 1.99. The second kappa shape index (κ2) is 5.02. The smallest absolute Gasteiger partial charge is 0.405 e. The Morgan fingerprint density at radius 1 is 1.62 bits per heavy atom. The van der Waals surface area contributed by atoms with E-state index in [0.29, 0.717) is 6.21 Å². The normalized spacial score (nSPS) is 13.7. The number of aliphatic hydroxyl groups excluding tert-OH is 1. The first-order chi connectivity index (χ1) is 5.99. The Balaban J connectivity index is 4.50. The molecular formula is C6H9N3O4. The van der Waals surface area contributed by atoms with E-state index in [2.05, 4.69) is 4.79 Å². The molecule has 0 bridgehead atoms. The van der Waals surface area contributed by atoms with Crippen LogP contribution in [0.1, 0.15) is 6.92 Å². The molecule has 3 N–H and O–H groups in total. The third kappa shape index (κ3) is 4.00. The van der Waals surface area contributed by atoms with Crippen molar-refractivity contribution in [1.82, 2.24) is 5.32 Å². The van der Waals surface area contributed by atoms with Crippen LogP contribution in [0.5, 0.6) is 0 Å². The summed E-state index contributed by atoms with van der Waals surface area (Å²) in [5.41, 5.74) is 7.99. The minimum absolute atomic E-state index is 0.521. The molecule has 0 fully saturated rings. The Hall–Kier alpha value is -1.72. The third-order valence-corrected chi connectivity index (χ3v) is 1.25. The maximum atomic E-state index is 10.9. The van der Waals surface area contributed by atoms with Gasteiger partial charge in [-0.2, -0.15) is 4.79 Å². The highest BCUT2D eigenvalue weighted by Crippen LogP contribution is 1.92. The number of aliphatic hydroxyl groups is 1. The summed E-state index contributed by atoms with van der Waals surface area (Å²) < 4.78 is 0. The molecule has 0 radical (unpaired) electrons. The SMILES string of the molecule is CC(O)C(NC(=O)O)C(=O)C=[N+]=[N-]. The van der Waals surface area contributed by atoms with Crippen LogP contribution < -0.4 is 5.32 Å². The molecule has 7 nitrogen and oxygen atoms in total. The van der Waals surface area contributed by atoms with Gasteiger partial charge in [0, 0.05) is 0 Å². The molecule has 0 saturated heterocycles. The number of hydrogen-bond acceptors (Lipinski definition) is 3. The number of nitrogens with zero attached hydrogens (tertiary/aromatic N) is 2. The van der Waals surface area contributed by atoms with E-state index in [9.17, 15) is 9.59 Å². The zero-order valence-corrected chi connectivity index (χ0v) is 6.84. The molecule has 0 aromatic carbocycles. The molecule has 0 aromatic rings. The topological polar surface area (TPSA) is 123 Å². The van der Waals surface area contributed by atoms with E-state index in [1.807, 2.05) is 0 Å². The summed E-state index contributed by atoms with van der Waals surface area (Å²) >= 11 is 0. The van der Waals surface area contributed by atoms with Gasteiger partial charge in [0.2, 0.25) is 0 Å². The van der Waals surface area contributed by atoms with Gasteiger partial charge in [0.05, 0.1) is 6.10 Å². The first-order valence-electron chi connectivity index (χ1n) is 3.37. The lowest BCUT2D eigenvalue weighted by Gasteiger charge is -2.14. The molecule has 0 aliphatic carbocycles. The zero-order chi connectivity index (χ0) is 10.4. The Morgan fingerprint density at radius 2 is 2.15 bits per heavy atom. The van der Waals surface area contributed by atoms with Crippen LogP contribution in [0.15, 0.2) is 0 Å². The van der Waals surface area contributed by atoms with Crippen molar-refractivity contribution in [3.63, 3.8) is 0 Å². The minimum Gasteiger partial charge on any atom is -0.465 e. The van der Waals surface area contributed by atoms with E-state index in [4.69, 9.17) is 15.7 Å². The van der Waals surface area contributed by atoms with Crippen LogP contribution in [0.25, 0.3) is 5.53 Å². The van der Waals surface area contributed by atoms with Crippen LogP contribution in [0.2, 0.25) is 0 Å². The average molecular weight is 187 g/mol. The third-order valence-electron chi connectivity index (χ3n) is 1.25. The Labute approximate surface area is 73.6 Å². The van der Waals surface area contributed by atoms with Crippen LogP contribution in [0.4, 0.5) is 4.79 Å².